The largest absolute Gasteiger partial charge is 0.466 e. The van der Waals surface area contributed by atoms with Crippen LogP contribution in [0.25, 0.3) is 0 Å². The van der Waals surface area contributed by atoms with E-state index >= 15 is 0 Å². The highest BCUT2D eigenvalue weighted by Gasteiger charge is 2.26. The molecule has 2 atom stereocenters. The van der Waals surface area contributed by atoms with Crippen molar-refractivity contribution in [1.82, 2.24) is 0 Å². The number of benzene rings is 4. The maximum absolute atomic E-state index is 12.3. The van der Waals surface area contributed by atoms with E-state index in [0.717, 1.165) is 85.9 Å². The summed E-state index contributed by atoms with van der Waals surface area (Å²) in [6.07, 6.45) is 115. The Balaban J connectivity index is 1.21. The average molecular weight is 1980 g/mol. The predicted molar refractivity (Wildman–Crippen MR) is 608 cm³/mol. The lowest BCUT2D eigenvalue weighted by molar-refractivity contribution is -0.144. The minimum atomic E-state index is -1.28. The van der Waals surface area contributed by atoms with E-state index in [9.17, 15) is 9.59 Å². The van der Waals surface area contributed by atoms with Gasteiger partial charge in [0.2, 0.25) is 0 Å². The third-order valence-electron chi connectivity index (χ3n) is 28.8. The van der Waals surface area contributed by atoms with Crippen LogP contribution in [0.2, 0.25) is 0 Å². The van der Waals surface area contributed by atoms with Gasteiger partial charge in [0, 0.05) is 29.8 Å². The Bertz CT molecular complexity index is 3010. The summed E-state index contributed by atoms with van der Waals surface area (Å²) >= 11 is 3.72. The molecule has 12 heteroatoms. The van der Waals surface area contributed by atoms with Crippen molar-refractivity contribution in [2.75, 3.05) is 24.7 Å². The van der Waals surface area contributed by atoms with Gasteiger partial charge in [-0.05, 0) is 158 Å². The topological polar surface area (TPSA) is 89.5 Å². The summed E-state index contributed by atoms with van der Waals surface area (Å²) in [6, 6.07) is 35.5. The maximum Gasteiger partial charge on any atom is 0.360 e. The summed E-state index contributed by atoms with van der Waals surface area (Å²) in [6.45, 7) is 15.1. The van der Waals surface area contributed by atoms with Crippen molar-refractivity contribution in [1.29, 1.82) is 0 Å². The van der Waals surface area contributed by atoms with Crippen LogP contribution in [0.4, 0.5) is 0 Å². The third-order valence-corrected chi connectivity index (χ3v) is 34.8. The molecule has 0 radical (unpaired) electrons. The summed E-state index contributed by atoms with van der Waals surface area (Å²) in [5, 5.41) is 0. The van der Waals surface area contributed by atoms with Crippen molar-refractivity contribution in [3.05, 3.63) is 119 Å². The molecule has 0 N–H and O–H groups in total. The first-order valence-electron chi connectivity index (χ1n) is 59.9. The van der Waals surface area contributed by atoms with E-state index < -0.39 is 15.2 Å². The Kier molecular flexibility index (Phi) is 88.3. The Morgan fingerprint density at radius 3 is 0.657 bits per heavy atom. The molecule has 0 aromatic heterocycles. The molecule has 0 saturated heterocycles. The van der Waals surface area contributed by atoms with Crippen LogP contribution < -0.4 is 18.1 Å². The van der Waals surface area contributed by atoms with E-state index in [-0.39, 0.29) is 17.4 Å². The zero-order valence-corrected chi connectivity index (χ0v) is 94.2. The summed E-state index contributed by atoms with van der Waals surface area (Å²) in [4.78, 5) is 24.7. The quantitative estimate of drug-likeness (QED) is 0.0242. The minimum absolute atomic E-state index is 0.0117. The lowest BCUT2D eigenvalue weighted by Crippen LogP contribution is -2.18. The fourth-order valence-electron chi connectivity index (χ4n) is 19.5. The van der Waals surface area contributed by atoms with Gasteiger partial charge in [0.25, 0.3) is 0 Å². The zero-order valence-electron chi connectivity index (χ0n) is 90.8. The number of unbranched alkanes of at least 4 members (excludes halogenated alkanes) is 78. The number of carbonyl (C=O) groups is 2. The molecular weight excluding hydrogens is 1760 g/mol. The number of aryl methyl sites for hydroxylation is 2. The molecule has 2 unspecified atom stereocenters. The predicted octanol–water partition coefficient (Wildman–Crippen LogP) is 44.6. The van der Waals surface area contributed by atoms with Gasteiger partial charge >= 0.3 is 27.1 Å². The number of rotatable bonds is 106. The fraction of sp³-hybridized carbons (Fsp3) is 0.792. The van der Waals surface area contributed by atoms with Gasteiger partial charge in [-0.1, -0.05) is 578 Å². The van der Waals surface area contributed by atoms with Crippen LogP contribution in [0.1, 0.15) is 616 Å². The minimum Gasteiger partial charge on any atom is -0.466 e. The molecule has 0 aliphatic heterocycles. The Morgan fingerprint density at radius 2 is 0.423 bits per heavy atom. The van der Waals surface area contributed by atoms with Crippen LogP contribution in [0.3, 0.4) is 0 Å². The number of ether oxygens (including phenoxy) is 2. The summed E-state index contributed by atoms with van der Waals surface area (Å²) < 4.78 is 38.8. The number of hydrogen-bond donors (Lipinski definition) is 0. The molecule has 4 aromatic rings. The lowest BCUT2D eigenvalue weighted by Gasteiger charge is -2.27. The van der Waals surface area contributed by atoms with Crippen molar-refractivity contribution in [3.63, 3.8) is 0 Å². The Labute approximate surface area is 860 Å². The van der Waals surface area contributed by atoms with Crippen LogP contribution in [0.15, 0.2) is 97.1 Å². The van der Waals surface area contributed by atoms with Gasteiger partial charge in [0.1, 0.15) is 23.0 Å². The smallest absolute Gasteiger partial charge is 0.360 e. The second-order valence-corrected chi connectivity index (χ2v) is 48.5. The fourth-order valence-corrected chi connectivity index (χ4v) is 25.2. The van der Waals surface area contributed by atoms with E-state index in [2.05, 4.69) is 139 Å². The van der Waals surface area contributed by atoms with Crippen LogP contribution in [0, 0.1) is 0 Å². The molecule has 0 heterocycles. The van der Waals surface area contributed by atoms with Crippen molar-refractivity contribution in [2.24, 2.45) is 0 Å². The molecule has 788 valence electrons. The van der Waals surface area contributed by atoms with Gasteiger partial charge in [-0.3, -0.25) is 9.59 Å². The SMILES string of the molecule is CCCCCCCCCCCCCCCCOC(=O)CCCCCCCCCCCCCCCCSP(Oc1ccc(C(C)(C)c2ccc(OP(Oc3cccc(CCCCCCCCCCCCCCCC)c3)SCCCCCCCCCCCCCCCCC(=O)OCCCCCCCCCCCCCCCC)cc2)cc1)Oc1cccc(CCCCCCCCCCCCCCCC)c1. The van der Waals surface area contributed by atoms with Gasteiger partial charge in [0.05, 0.1) is 13.2 Å². The molecule has 4 rings (SSSR count). The van der Waals surface area contributed by atoms with E-state index in [1.807, 2.05) is 22.8 Å². The molecule has 0 fully saturated rings. The normalized spacial score (nSPS) is 12.1. The average Bonchev–Trinajstić information content (AvgIpc) is 0.799. The van der Waals surface area contributed by atoms with Crippen molar-refractivity contribution < 1.29 is 37.2 Å². The van der Waals surface area contributed by atoms with Gasteiger partial charge in [-0.25, -0.2) is 0 Å². The molecule has 0 spiro atoms. The second kappa shape index (κ2) is 96.1. The van der Waals surface area contributed by atoms with Crippen molar-refractivity contribution in [3.8, 4) is 23.0 Å². The number of hydrogen-bond acceptors (Lipinski definition) is 10. The van der Waals surface area contributed by atoms with Gasteiger partial charge in [0.15, 0.2) is 0 Å². The summed E-state index contributed by atoms with van der Waals surface area (Å²) in [7, 11) is -2.57. The zero-order chi connectivity index (χ0) is 97.5. The van der Waals surface area contributed by atoms with Crippen molar-refractivity contribution >= 4 is 49.9 Å². The van der Waals surface area contributed by atoms with Crippen molar-refractivity contribution in [2.45, 2.75) is 612 Å². The highest BCUT2D eigenvalue weighted by atomic mass is 32.7. The lowest BCUT2D eigenvalue weighted by atomic mass is 9.78. The standard InChI is InChI=1S/C125H218O8P2S2/c1-7-11-15-19-23-27-31-35-43-51-59-67-75-83-93-115-95-91-97-121(113-115)132-134(136-111-89-81-73-65-57-49-41-39-45-53-61-69-77-85-99-123(126)128-109-87-79-71-63-55-47-37-33-29-25-21-17-13-9-3)130-119-105-101-117(102-106-119)125(5,6)118-103-107-120(108-104-118)131-135(133-122-98-92-96-116(114-122)94-84-76-68-60-52-44-36-32-28-24-20-16-12-8-2)137-112-90-82-74-66-58-50-42-40-46-54-62-70-78-86-100-124(127)129-110-88-80-72-64-56-48-38-34-30-26-22-18-14-10-4/h91-92,95-98,101-108,113-114H,7-90,93-94,99-100,109-112H2,1-6H3. The highest BCUT2D eigenvalue weighted by Crippen LogP contribution is 2.54. The molecule has 0 aliphatic rings. The molecule has 0 amide bonds. The molecule has 0 saturated carbocycles. The molecule has 8 nitrogen and oxygen atoms in total. The van der Waals surface area contributed by atoms with E-state index in [4.69, 9.17) is 27.6 Å². The van der Waals surface area contributed by atoms with Gasteiger partial charge in [-0.2, -0.15) is 0 Å². The Hall–Kier alpha value is -3.42. The highest BCUT2D eigenvalue weighted by molar-refractivity contribution is 8.53. The summed E-state index contributed by atoms with van der Waals surface area (Å²) in [5.41, 5.74) is 4.94. The van der Waals surface area contributed by atoms with Crippen LogP contribution in [0.5, 0.6) is 23.0 Å². The number of esters is 2. The van der Waals surface area contributed by atoms with E-state index in [0.29, 0.717) is 26.1 Å². The van der Waals surface area contributed by atoms with Crippen LogP contribution >= 0.6 is 37.9 Å². The first kappa shape index (κ1) is 126. The Morgan fingerprint density at radius 1 is 0.226 bits per heavy atom. The van der Waals surface area contributed by atoms with Crippen LogP contribution in [-0.4, -0.2) is 36.7 Å². The third kappa shape index (κ3) is 77.7. The molecule has 137 heavy (non-hydrogen) atoms. The van der Waals surface area contributed by atoms with Gasteiger partial charge < -0.3 is 27.6 Å². The first-order valence-corrected chi connectivity index (χ1v) is 65.4. The second-order valence-electron chi connectivity index (χ2n) is 42.2. The number of carbonyl (C=O) groups excluding carboxylic acids is 2. The summed E-state index contributed by atoms with van der Waals surface area (Å²) in [5.74, 6) is 5.61. The monoisotopic (exact) mass is 1970 g/mol. The molecule has 4 aromatic carbocycles. The molecule has 0 bridgehead atoms. The van der Waals surface area contributed by atoms with E-state index in [1.54, 1.807) is 0 Å². The maximum atomic E-state index is 12.3. The molecular formula is C125H218O8P2S2. The van der Waals surface area contributed by atoms with E-state index in [1.165, 1.54) is 523 Å². The molecule has 0 aliphatic carbocycles. The van der Waals surface area contributed by atoms with Crippen LogP contribution in [-0.2, 0) is 37.3 Å². The van der Waals surface area contributed by atoms with Gasteiger partial charge in [-0.15, -0.1) is 0 Å². The first-order chi connectivity index (χ1) is 67.6.